The summed E-state index contributed by atoms with van der Waals surface area (Å²) >= 11 is 0. The normalized spacial score (nSPS) is 18.2. The summed E-state index contributed by atoms with van der Waals surface area (Å²) in [5.41, 5.74) is 0. The van der Waals surface area contributed by atoms with Crippen LogP contribution < -0.4 is 0 Å². The molecule has 84 valence electrons. The van der Waals surface area contributed by atoms with Crippen LogP contribution in [0.3, 0.4) is 0 Å². The maximum Gasteiger partial charge on any atom is 0.00214 e. The molecule has 0 bridgehead atoms. The highest BCUT2D eigenvalue weighted by Gasteiger charge is 2.20. The van der Waals surface area contributed by atoms with Crippen molar-refractivity contribution in [2.45, 2.75) is 52.4 Å². The minimum Gasteiger partial charge on any atom is -0.282 e. The van der Waals surface area contributed by atoms with Crippen molar-refractivity contribution in [2.75, 3.05) is 25.4 Å². The van der Waals surface area contributed by atoms with E-state index in [-0.39, 0.29) is 8.07 Å². The first kappa shape index (κ1) is 12.5. The first-order valence-corrected chi connectivity index (χ1v) is 8.04. The molecule has 0 N–H and O–H groups in total. The van der Waals surface area contributed by atoms with Gasteiger partial charge in [0, 0.05) is 13.1 Å². The molecule has 0 amide bonds. The monoisotopic (exact) mass is 215 g/mol. The molecule has 1 rings (SSSR count). The Bertz CT molecular complexity index is 124. The lowest BCUT2D eigenvalue weighted by Crippen LogP contribution is -2.16. The molecule has 0 atom stereocenters. The lowest BCUT2D eigenvalue weighted by Gasteiger charge is -2.27. The van der Waals surface area contributed by atoms with Gasteiger partial charge in [-0.1, -0.05) is 26.7 Å². The van der Waals surface area contributed by atoms with Gasteiger partial charge in [-0.05, 0) is 46.1 Å². The van der Waals surface area contributed by atoms with Gasteiger partial charge >= 0.3 is 0 Å². The summed E-state index contributed by atoms with van der Waals surface area (Å²) in [4.78, 5) is 0. The fraction of sp³-hybridized carbons (Fsp3) is 1.00. The molecule has 0 radical (unpaired) electrons. The van der Waals surface area contributed by atoms with Crippen LogP contribution >= 0.6 is 8.07 Å². The van der Waals surface area contributed by atoms with Crippen LogP contribution in [0, 0.1) is 0 Å². The number of hydrogen-bond donors (Lipinski definition) is 0. The second kappa shape index (κ2) is 7.65. The minimum absolute atomic E-state index is 0.260. The molecule has 14 heavy (non-hydrogen) atoms. The van der Waals surface area contributed by atoms with E-state index in [4.69, 9.17) is 0 Å². The summed E-state index contributed by atoms with van der Waals surface area (Å²) in [5.74, 6) is 0. The van der Waals surface area contributed by atoms with Gasteiger partial charge in [-0.3, -0.25) is 4.67 Å². The highest BCUT2D eigenvalue weighted by atomic mass is 31.1. The Balaban J connectivity index is 2.26. The Hall–Kier alpha value is 0.390. The lowest BCUT2D eigenvalue weighted by atomic mass is 10.4. The third kappa shape index (κ3) is 4.28. The summed E-state index contributed by atoms with van der Waals surface area (Å²) in [7, 11) is 0.260. The molecule has 1 nitrogen and oxygen atoms in total. The van der Waals surface area contributed by atoms with Crippen molar-refractivity contribution in [1.29, 1.82) is 0 Å². The minimum atomic E-state index is 0.260. The summed E-state index contributed by atoms with van der Waals surface area (Å²) in [6, 6.07) is 0. The zero-order valence-corrected chi connectivity index (χ0v) is 10.9. The van der Waals surface area contributed by atoms with E-state index in [1.54, 1.807) is 0 Å². The average molecular weight is 215 g/mol. The van der Waals surface area contributed by atoms with Crippen molar-refractivity contribution in [1.82, 2.24) is 4.67 Å². The van der Waals surface area contributed by atoms with E-state index < -0.39 is 0 Å². The van der Waals surface area contributed by atoms with Crippen LogP contribution in [0.25, 0.3) is 0 Å². The molecule has 1 saturated heterocycles. The highest BCUT2D eigenvalue weighted by molar-refractivity contribution is 7.55. The standard InChI is InChI=1S/C12H26NP/c1-3-5-11-14(12-6-4-2)13-9-7-8-10-13/h3-12H2,1-2H3. The van der Waals surface area contributed by atoms with Gasteiger partial charge < -0.3 is 0 Å². The Kier molecular flexibility index (Phi) is 6.81. The van der Waals surface area contributed by atoms with Crippen LogP contribution in [0.1, 0.15) is 52.4 Å². The predicted octanol–water partition coefficient (Wildman–Crippen LogP) is 4.08. The summed E-state index contributed by atoms with van der Waals surface area (Å²) in [6.45, 7) is 7.44. The second-order valence-electron chi connectivity index (χ2n) is 4.32. The third-order valence-corrected chi connectivity index (χ3v) is 5.89. The number of unbranched alkanes of at least 4 members (excludes halogenated alkanes) is 2. The fourth-order valence-electron chi connectivity index (χ4n) is 2.06. The number of hydrogen-bond acceptors (Lipinski definition) is 1. The zero-order valence-electron chi connectivity index (χ0n) is 9.97. The Morgan fingerprint density at radius 3 is 1.86 bits per heavy atom. The van der Waals surface area contributed by atoms with Crippen molar-refractivity contribution in [3.63, 3.8) is 0 Å². The SMILES string of the molecule is CCCCP(CCCC)N1CCCC1. The van der Waals surface area contributed by atoms with Crippen LogP contribution in [0.4, 0.5) is 0 Å². The summed E-state index contributed by atoms with van der Waals surface area (Å²) < 4.78 is 2.81. The third-order valence-electron chi connectivity index (χ3n) is 3.02. The van der Waals surface area contributed by atoms with Crippen molar-refractivity contribution >= 4 is 8.07 Å². The molecule has 1 aliphatic heterocycles. The Morgan fingerprint density at radius 2 is 1.43 bits per heavy atom. The number of nitrogens with zero attached hydrogens (tertiary/aromatic N) is 1. The maximum atomic E-state index is 2.81. The van der Waals surface area contributed by atoms with Crippen molar-refractivity contribution in [3.8, 4) is 0 Å². The van der Waals surface area contributed by atoms with E-state index in [0.29, 0.717) is 0 Å². The van der Waals surface area contributed by atoms with Gasteiger partial charge in [-0.2, -0.15) is 0 Å². The summed E-state index contributed by atoms with van der Waals surface area (Å²) in [6.07, 6.45) is 11.6. The Labute approximate surface area is 91.1 Å². The average Bonchev–Trinajstić information content (AvgIpc) is 2.71. The highest BCUT2D eigenvalue weighted by Crippen LogP contribution is 2.44. The van der Waals surface area contributed by atoms with E-state index in [9.17, 15) is 0 Å². The van der Waals surface area contributed by atoms with E-state index >= 15 is 0 Å². The van der Waals surface area contributed by atoms with Gasteiger partial charge in [0.1, 0.15) is 0 Å². The van der Waals surface area contributed by atoms with Gasteiger partial charge in [-0.25, -0.2) is 0 Å². The van der Waals surface area contributed by atoms with Gasteiger partial charge in [0.15, 0.2) is 0 Å². The quantitative estimate of drug-likeness (QED) is 0.578. The Morgan fingerprint density at radius 1 is 0.929 bits per heavy atom. The van der Waals surface area contributed by atoms with Crippen LogP contribution in [0.5, 0.6) is 0 Å². The molecule has 0 spiro atoms. The van der Waals surface area contributed by atoms with Gasteiger partial charge in [0.25, 0.3) is 0 Å². The lowest BCUT2D eigenvalue weighted by molar-refractivity contribution is 0.559. The van der Waals surface area contributed by atoms with Crippen LogP contribution in [-0.2, 0) is 0 Å². The number of rotatable bonds is 7. The van der Waals surface area contributed by atoms with Crippen molar-refractivity contribution in [3.05, 3.63) is 0 Å². The van der Waals surface area contributed by atoms with Crippen LogP contribution in [-0.4, -0.2) is 30.1 Å². The van der Waals surface area contributed by atoms with Crippen molar-refractivity contribution < 1.29 is 0 Å². The van der Waals surface area contributed by atoms with Gasteiger partial charge in [0.05, 0.1) is 0 Å². The molecule has 0 aliphatic carbocycles. The van der Waals surface area contributed by atoms with E-state index in [2.05, 4.69) is 18.5 Å². The molecule has 0 saturated carbocycles. The first-order chi connectivity index (χ1) is 6.88. The second-order valence-corrected chi connectivity index (χ2v) is 6.79. The zero-order chi connectivity index (χ0) is 10.2. The molecule has 1 fully saturated rings. The van der Waals surface area contributed by atoms with E-state index in [1.165, 1.54) is 63.9 Å². The molecule has 0 aromatic heterocycles. The topological polar surface area (TPSA) is 3.24 Å². The smallest absolute Gasteiger partial charge is 0.00214 e. The predicted molar refractivity (Wildman–Crippen MR) is 67.3 cm³/mol. The molecule has 1 heterocycles. The van der Waals surface area contributed by atoms with Crippen LogP contribution in [0.2, 0.25) is 0 Å². The maximum absolute atomic E-state index is 2.81. The van der Waals surface area contributed by atoms with Gasteiger partial charge in [0.2, 0.25) is 0 Å². The first-order valence-electron chi connectivity index (χ1n) is 6.38. The van der Waals surface area contributed by atoms with Crippen molar-refractivity contribution in [2.24, 2.45) is 0 Å². The van der Waals surface area contributed by atoms with E-state index in [1.807, 2.05) is 0 Å². The molecule has 0 aromatic carbocycles. The van der Waals surface area contributed by atoms with E-state index in [0.717, 1.165) is 0 Å². The largest absolute Gasteiger partial charge is 0.282 e. The molecule has 0 unspecified atom stereocenters. The molecular weight excluding hydrogens is 189 g/mol. The molecule has 1 aliphatic rings. The molecule has 2 heteroatoms. The van der Waals surface area contributed by atoms with Crippen LogP contribution in [0.15, 0.2) is 0 Å². The van der Waals surface area contributed by atoms with Gasteiger partial charge in [-0.15, -0.1) is 0 Å². The molecular formula is C12H26NP. The molecule has 0 aromatic rings. The fourth-order valence-corrected chi connectivity index (χ4v) is 5.06. The summed E-state index contributed by atoms with van der Waals surface area (Å²) in [5, 5.41) is 0.